The van der Waals surface area contributed by atoms with E-state index in [-0.39, 0.29) is 0 Å². The predicted molar refractivity (Wildman–Crippen MR) is 117 cm³/mol. The number of para-hydroxylation sites is 2. The molecule has 0 radical (unpaired) electrons. The molecular formula is C25H34N2. The smallest absolute Gasteiger partial charge is 0.0491 e. The second-order valence-corrected chi connectivity index (χ2v) is 8.81. The zero-order valence-electron chi connectivity index (χ0n) is 17.0. The van der Waals surface area contributed by atoms with Crippen molar-refractivity contribution in [3.8, 4) is 0 Å². The van der Waals surface area contributed by atoms with Gasteiger partial charge in [0.15, 0.2) is 0 Å². The van der Waals surface area contributed by atoms with Crippen molar-refractivity contribution < 1.29 is 0 Å². The first-order valence-corrected chi connectivity index (χ1v) is 10.9. The van der Waals surface area contributed by atoms with Gasteiger partial charge in [-0.25, -0.2) is 0 Å². The van der Waals surface area contributed by atoms with E-state index < -0.39 is 0 Å². The number of rotatable bonds is 7. The molecule has 1 saturated heterocycles. The highest BCUT2D eigenvalue weighted by atomic mass is 15.1. The molecular weight excluding hydrogens is 328 g/mol. The second-order valence-electron chi connectivity index (χ2n) is 8.81. The summed E-state index contributed by atoms with van der Waals surface area (Å²) in [5.41, 5.74) is 2.77. The van der Waals surface area contributed by atoms with Crippen LogP contribution in [0.5, 0.6) is 0 Å². The lowest BCUT2D eigenvalue weighted by Crippen LogP contribution is -2.39. The minimum absolute atomic E-state index is 0.879. The van der Waals surface area contributed by atoms with Crippen LogP contribution >= 0.6 is 0 Å². The Morgan fingerprint density at radius 3 is 1.81 bits per heavy atom. The number of hydrogen-bond donors (Lipinski definition) is 0. The zero-order chi connectivity index (χ0) is 18.6. The van der Waals surface area contributed by atoms with Crippen molar-refractivity contribution in [1.82, 2.24) is 9.47 Å². The molecule has 1 aliphatic rings. The third-order valence-electron chi connectivity index (χ3n) is 6.23. The van der Waals surface area contributed by atoms with Crippen LogP contribution in [-0.4, -0.2) is 29.1 Å². The highest BCUT2D eigenvalue weighted by molar-refractivity contribution is 6.07. The number of aryl methyl sites for hydroxylation is 1. The SMILES string of the molecule is CC1CC(C)CN(CCCCCCn2c3ccccc3c3ccccc32)C1. The fraction of sp³-hybridized carbons (Fsp3) is 0.520. The summed E-state index contributed by atoms with van der Waals surface area (Å²) in [7, 11) is 0. The van der Waals surface area contributed by atoms with Crippen LogP contribution in [0.15, 0.2) is 48.5 Å². The van der Waals surface area contributed by atoms with E-state index in [1.165, 1.54) is 73.5 Å². The Kier molecular flexibility index (Phi) is 5.83. The van der Waals surface area contributed by atoms with Crippen LogP contribution < -0.4 is 0 Å². The molecule has 2 heterocycles. The maximum Gasteiger partial charge on any atom is 0.0491 e. The van der Waals surface area contributed by atoms with Gasteiger partial charge in [-0.2, -0.15) is 0 Å². The van der Waals surface area contributed by atoms with Crippen LogP contribution in [0.4, 0.5) is 0 Å². The molecule has 0 spiro atoms. The van der Waals surface area contributed by atoms with Gasteiger partial charge in [0.25, 0.3) is 0 Å². The van der Waals surface area contributed by atoms with E-state index >= 15 is 0 Å². The molecule has 2 atom stereocenters. The number of unbranched alkanes of at least 4 members (excludes halogenated alkanes) is 3. The first kappa shape index (κ1) is 18.6. The predicted octanol–water partition coefficient (Wildman–Crippen LogP) is 6.33. The van der Waals surface area contributed by atoms with Crippen molar-refractivity contribution in [1.29, 1.82) is 0 Å². The molecule has 27 heavy (non-hydrogen) atoms. The third kappa shape index (κ3) is 4.21. The van der Waals surface area contributed by atoms with Crippen LogP contribution in [-0.2, 0) is 6.54 Å². The van der Waals surface area contributed by atoms with Crippen molar-refractivity contribution in [2.45, 2.75) is 52.5 Å². The summed E-state index contributed by atoms with van der Waals surface area (Å²) in [5, 5.41) is 2.78. The van der Waals surface area contributed by atoms with Crippen molar-refractivity contribution in [2.24, 2.45) is 11.8 Å². The lowest BCUT2D eigenvalue weighted by Gasteiger charge is -2.34. The number of fused-ring (bicyclic) bond motifs is 3. The highest BCUT2D eigenvalue weighted by Crippen LogP contribution is 2.29. The standard InChI is InChI=1S/C25H34N2/c1-20-17-21(2)19-26(18-20)15-9-3-4-10-16-27-24-13-7-5-11-22(24)23-12-6-8-14-25(23)27/h5-8,11-14,20-21H,3-4,9-10,15-19H2,1-2H3. The molecule has 2 nitrogen and oxygen atoms in total. The number of likely N-dealkylation sites (tertiary alicyclic amines) is 1. The average molecular weight is 363 g/mol. The topological polar surface area (TPSA) is 8.17 Å². The van der Waals surface area contributed by atoms with E-state index in [4.69, 9.17) is 0 Å². The molecule has 144 valence electrons. The van der Waals surface area contributed by atoms with Crippen LogP contribution in [0, 0.1) is 11.8 Å². The summed E-state index contributed by atoms with van der Waals surface area (Å²) in [5.74, 6) is 1.76. The van der Waals surface area contributed by atoms with Crippen LogP contribution in [0.3, 0.4) is 0 Å². The molecule has 1 fully saturated rings. The summed E-state index contributed by atoms with van der Waals surface area (Å²) in [6.07, 6.45) is 6.73. The van der Waals surface area contributed by atoms with Gasteiger partial charge in [-0.05, 0) is 49.8 Å². The maximum atomic E-state index is 2.70. The van der Waals surface area contributed by atoms with Crippen molar-refractivity contribution in [3.63, 3.8) is 0 Å². The van der Waals surface area contributed by atoms with Crippen molar-refractivity contribution in [2.75, 3.05) is 19.6 Å². The van der Waals surface area contributed by atoms with E-state index in [0.29, 0.717) is 0 Å². The number of benzene rings is 2. The van der Waals surface area contributed by atoms with E-state index in [2.05, 4.69) is 71.8 Å². The van der Waals surface area contributed by atoms with Crippen molar-refractivity contribution >= 4 is 21.8 Å². The molecule has 2 aromatic carbocycles. The Morgan fingerprint density at radius 1 is 0.704 bits per heavy atom. The van der Waals surface area contributed by atoms with E-state index in [0.717, 1.165) is 18.4 Å². The van der Waals surface area contributed by atoms with Gasteiger partial charge in [-0.1, -0.05) is 63.1 Å². The first-order valence-electron chi connectivity index (χ1n) is 10.9. The Bertz CT molecular complexity index is 815. The third-order valence-corrected chi connectivity index (χ3v) is 6.23. The molecule has 3 aromatic rings. The maximum absolute atomic E-state index is 2.70. The van der Waals surface area contributed by atoms with Crippen LogP contribution in [0.2, 0.25) is 0 Å². The van der Waals surface area contributed by atoms with Gasteiger partial charge in [-0.15, -0.1) is 0 Å². The van der Waals surface area contributed by atoms with Gasteiger partial charge in [0.05, 0.1) is 0 Å². The Hall–Kier alpha value is -1.80. The average Bonchev–Trinajstić information content (AvgIpc) is 2.98. The van der Waals surface area contributed by atoms with Gasteiger partial charge in [-0.3, -0.25) is 0 Å². The minimum Gasteiger partial charge on any atom is -0.340 e. The van der Waals surface area contributed by atoms with Gasteiger partial charge >= 0.3 is 0 Å². The minimum atomic E-state index is 0.879. The van der Waals surface area contributed by atoms with Crippen LogP contribution in [0.1, 0.15) is 46.0 Å². The number of aromatic nitrogens is 1. The summed E-state index contributed by atoms with van der Waals surface area (Å²) >= 11 is 0. The highest BCUT2D eigenvalue weighted by Gasteiger charge is 2.20. The largest absolute Gasteiger partial charge is 0.340 e. The monoisotopic (exact) mass is 362 g/mol. The zero-order valence-corrected chi connectivity index (χ0v) is 17.0. The molecule has 0 bridgehead atoms. The number of hydrogen-bond acceptors (Lipinski definition) is 1. The number of piperidine rings is 1. The quantitative estimate of drug-likeness (QED) is 0.446. The van der Waals surface area contributed by atoms with Crippen LogP contribution in [0.25, 0.3) is 21.8 Å². The summed E-state index contributed by atoms with van der Waals surface area (Å²) < 4.78 is 2.53. The van der Waals surface area contributed by atoms with Gasteiger partial charge < -0.3 is 9.47 Å². The lowest BCUT2D eigenvalue weighted by molar-refractivity contribution is 0.138. The molecule has 0 amide bonds. The molecule has 1 aliphatic heterocycles. The van der Waals surface area contributed by atoms with Gasteiger partial charge in [0.2, 0.25) is 0 Å². The second kappa shape index (κ2) is 8.48. The lowest BCUT2D eigenvalue weighted by atomic mass is 9.92. The molecule has 2 unspecified atom stereocenters. The summed E-state index contributed by atoms with van der Waals surface area (Å²) in [4.78, 5) is 2.70. The van der Waals surface area contributed by atoms with Crippen molar-refractivity contribution in [3.05, 3.63) is 48.5 Å². The fourth-order valence-electron chi connectivity index (χ4n) is 5.18. The first-order chi connectivity index (χ1) is 13.2. The van der Waals surface area contributed by atoms with E-state index in [1.54, 1.807) is 0 Å². The van der Waals surface area contributed by atoms with E-state index in [9.17, 15) is 0 Å². The summed E-state index contributed by atoms with van der Waals surface area (Å²) in [6.45, 7) is 9.87. The Labute approximate surface area is 164 Å². The van der Waals surface area contributed by atoms with E-state index in [1.807, 2.05) is 0 Å². The molecule has 0 saturated carbocycles. The Balaban J connectivity index is 1.29. The number of nitrogens with zero attached hydrogens (tertiary/aromatic N) is 2. The normalized spacial score (nSPS) is 21.3. The molecule has 0 N–H and O–H groups in total. The molecule has 1 aromatic heterocycles. The molecule has 4 rings (SSSR count). The molecule has 0 aliphatic carbocycles. The summed E-state index contributed by atoms with van der Waals surface area (Å²) in [6, 6.07) is 17.7. The van der Waals surface area contributed by atoms with Gasteiger partial charge in [0, 0.05) is 41.4 Å². The fourth-order valence-corrected chi connectivity index (χ4v) is 5.18. The van der Waals surface area contributed by atoms with Gasteiger partial charge in [0.1, 0.15) is 0 Å². The Morgan fingerprint density at radius 2 is 1.22 bits per heavy atom. The molecule has 2 heteroatoms.